The molecule has 1 unspecified atom stereocenters. The topological polar surface area (TPSA) is 83.9 Å². The van der Waals surface area contributed by atoms with E-state index in [-0.39, 0.29) is 24.6 Å². The van der Waals surface area contributed by atoms with Gasteiger partial charge in [-0.1, -0.05) is 30.3 Å². The fourth-order valence-corrected chi connectivity index (χ4v) is 2.22. The van der Waals surface area contributed by atoms with Crippen molar-refractivity contribution < 1.29 is 24.2 Å². The molecule has 1 aromatic carbocycles. The smallest absolute Gasteiger partial charge is 0.409 e. The minimum Gasteiger partial charge on any atom is -0.481 e. The Morgan fingerprint density at radius 3 is 2.43 bits per heavy atom. The van der Waals surface area contributed by atoms with Crippen molar-refractivity contribution >= 4 is 29.8 Å². The molecule has 7 heteroatoms. The Morgan fingerprint density at radius 2 is 1.87 bits per heavy atom. The Labute approximate surface area is 140 Å². The zero-order chi connectivity index (χ0) is 17.2. The Kier molecular flexibility index (Phi) is 8.18. The summed E-state index contributed by atoms with van der Waals surface area (Å²) in [6.07, 6.45) is -0.0200. The molecule has 0 heterocycles. The maximum absolute atomic E-state index is 11.9. The van der Waals surface area contributed by atoms with Crippen molar-refractivity contribution in [2.24, 2.45) is 5.92 Å². The molecule has 0 radical (unpaired) electrons. The summed E-state index contributed by atoms with van der Waals surface area (Å²) >= 11 is 3.77. The zero-order valence-corrected chi connectivity index (χ0v) is 13.9. The Hall–Kier alpha value is -2.02. The molecule has 126 valence electrons. The predicted octanol–water partition coefficient (Wildman–Crippen LogP) is 2.58. The zero-order valence-electron chi connectivity index (χ0n) is 13.0. The number of carboxylic acid groups (broad SMARTS) is 1. The van der Waals surface area contributed by atoms with Crippen LogP contribution in [0.25, 0.3) is 0 Å². The van der Waals surface area contributed by atoms with Gasteiger partial charge in [0.15, 0.2) is 5.12 Å². The van der Waals surface area contributed by atoms with E-state index in [4.69, 9.17) is 9.84 Å². The fraction of sp³-hybridized carbons (Fsp3) is 0.438. The van der Waals surface area contributed by atoms with Gasteiger partial charge in [-0.15, -0.1) is 12.6 Å². The molecule has 0 saturated carbocycles. The summed E-state index contributed by atoms with van der Waals surface area (Å²) in [5.74, 6) is -1.45. The van der Waals surface area contributed by atoms with Crippen molar-refractivity contribution in [2.75, 3.05) is 13.6 Å². The van der Waals surface area contributed by atoms with Gasteiger partial charge in [0.1, 0.15) is 6.61 Å². The molecule has 23 heavy (non-hydrogen) atoms. The number of hydrogen-bond donors (Lipinski definition) is 2. The first-order valence-electron chi connectivity index (χ1n) is 7.26. The first-order chi connectivity index (χ1) is 10.9. The van der Waals surface area contributed by atoms with Crippen LogP contribution in [0.4, 0.5) is 4.79 Å². The van der Waals surface area contributed by atoms with Crippen molar-refractivity contribution in [3.05, 3.63) is 35.9 Å². The molecule has 1 aromatic rings. The summed E-state index contributed by atoms with van der Waals surface area (Å²) in [5.41, 5.74) is 0.888. The quantitative estimate of drug-likeness (QED) is 0.676. The van der Waals surface area contributed by atoms with Crippen molar-refractivity contribution in [1.82, 2.24) is 4.90 Å². The minimum absolute atomic E-state index is 0.0981. The standard InChI is InChI=1S/C16H21NO5S/c1-17(10-9-13(15(20)23)7-8-14(18)19)16(21)22-11-12-5-3-2-4-6-12/h2-6,13H,7-11H2,1H3,(H,18,19)(H,20,23). The number of nitrogens with zero attached hydrogens (tertiary/aromatic N) is 1. The second-order valence-electron chi connectivity index (χ2n) is 5.22. The van der Waals surface area contributed by atoms with Gasteiger partial charge in [0.25, 0.3) is 0 Å². The molecule has 1 N–H and O–H groups in total. The van der Waals surface area contributed by atoms with Gasteiger partial charge in [0.2, 0.25) is 0 Å². The highest BCUT2D eigenvalue weighted by Gasteiger charge is 2.19. The van der Waals surface area contributed by atoms with Gasteiger partial charge in [-0.05, 0) is 18.4 Å². The number of amides is 1. The monoisotopic (exact) mass is 339 g/mol. The van der Waals surface area contributed by atoms with Gasteiger partial charge in [0.05, 0.1) is 0 Å². The summed E-state index contributed by atoms with van der Waals surface area (Å²) in [6, 6.07) is 9.31. The SMILES string of the molecule is CN(CCC(CCC(=O)O)C(=O)S)C(=O)OCc1ccccc1. The first kappa shape index (κ1) is 19.0. The van der Waals surface area contributed by atoms with Crippen LogP contribution in [0.1, 0.15) is 24.8 Å². The number of aliphatic carboxylic acids is 1. The molecule has 0 aliphatic rings. The lowest BCUT2D eigenvalue weighted by Gasteiger charge is -2.19. The van der Waals surface area contributed by atoms with Crippen LogP contribution < -0.4 is 0 Å². The first-order valence-corrected chi connectivity index (χ1v) is 7.71. The molecule has 0 bridgehead atoms. The van der Waals surface area contributed by atoms with Crippen LogP contribution in [0.5, 0.6) is 0 Å². The van der Waals surface area contributed by atoms with Crippen LogP contribution in [0, 0.1) is 5.92 Å². The van der Waals surface area contributed by atoms with Crippen molar-refractivity contribution in [2.45, 2.75) is 25.9 Å². The molecule has 0 fully saturated rings. The lowest BCUT2D eigenvalue weighted by molar-refractivity contribution is -0.137. The van der Waals surface area contributed by atoms with Crippen LogP contribution >= 0.6 is 12.6 Å². The largest absolute Gasteiger partial charge is 0.481 e. The van der Waals surface area contributed by atoms with Gasteiger partial charge in [0, 0.05) is 25.9 Å². The lowest BCUT2D eigenvalue weighted by Crippen LogP contribution is -2.30. The highest BCUT2D eigenvalue weighted by Crippen LogP contribution is 2.15. The molecule has 1 amide bonds. The Bertz CT molecular complexity index is 535. The summed E-state index contributed by atoms with van der Waals surface area (Å²) in [4.78, 5) is 35.2. The molecular formula is C16H21NO5S. The average Bonchev–Trinajstić information content (AvgIpc) is 2.52. The van der Waals surface area contributed by atoms with Crippen LogP contribution in [0.15, 0.2) is 30.3 Å². The van der Waals surface area contributed by atoms with E-state index in [1.807, 2.05) is 30.3 Å². The number of rotatable bonds is 9. The molecule has 0 saturated heterocycles. The number of carbonyl (C=O) groups is 3. The van der Waals surface area contributed by atoms with Crippen LogP contribution in [-0.2, 0) is 20.9 Å². The van der Waals surface area contributed by atoms with E-state index in [9.17, 15) is 14.4 Å². The van der Waals surface area contributed by atoms with E-state index in [0.29, 0.717) is 13.0 Å². The van der Waals surface area contributed by atoms with Gasteiger partial charge in [-0.3, -0.25) is 9.59 Å². The summed E-state index contributed by atoms with van der Waals surface area (Å²) in [5, 5.41) is 8.30. The molecular weight excluding hydrogens is 318 g/mol. The third kappa shape index (κ3) is 7.69. The Balaban J connectivity index is 2.38. The van der Waals surface area contributed by atoms with Crippen LogP contribution in [0.3, 0.4) is 0 Å². The number of carboxylic acids is 1. The lowest BCUT2D eigenvalue weighted by atomic mass is 10.0. The molecule has 0 spiro atoms. The number of hydrogen-bond acceptors (Lipinski definition) is 4. The van der Waals surface area contributed by atoms with E-state index in [1.54, 1.807) is 7.05 Å². The van der Waals surface area contributed by atoms with Crippen molar-refractivity contribution in [1.29, 1.82) is 0 Å². The predicted molar refractivity (Wildman–Crippen MR) is 88.2 cm³/mol. The summed E-state index contributed by atoms with van der Waals surface area (Å²) < 4.78 is 5.17. The molecule has 1 atom stereocenters. The van der Waals surface area contributed by atoms with E-state index >= 15 is 0 Å². The van der Waals surface area contributed by atoms with Gasteiger partial charge < -0.3 is 14.7 Å². The summed E-state index contributed by atoms with van der Waals surface area (Å²) in [7, 11) is 1.57. The normalized spacial score (nSPS) is 11.6. The second kappa shape index (κ2) is 9.89. The second-order valence-corrected chi connectivity index (χ2v) is 5.66. The fourth-order valence-electron chi connectivity index (χ4n) is 1.96. The van der Waals surface area contributed by atoms with Gasteiger partial charge in [-0.25, -0.2) is 4.79 Å². The van der Waals surface area contributed by atoms with E-state index in [2.05, 4.69) is 12.6 Å². The van der Waals surface area contributed by atoms with Crippen molar-refractivity contribution in [3.63, 3.8) is 0 Å². The van der Waals surface area contributed by atoms with Crippen molar-refractivity contribution in [3.8, 4) is 0 Å². The maximum atomic E-state index is 11.9. The van der Waals surface area contributed by atoms with Crippen LogP contribution in [-0.4, -0.2) is 40.8 Å². The number of ether oxygens (including phenoxy) is 1. The summed E-state index contributed by atoms with van der Waals surface area (Å²) in [6.45, 7) is 0.474. The van der Waals surface area contributed by atoms with Crippen LogP contribution in [0.2, 0.25) is 0 Å². The number of benzene rings is 1. The molecule has 1 rings (SSSR count). The van der Waals surface area contributed by atoms with E-state index < -0.39 is 18.0 Å². The number of carbonyl (C=O) groups excluding carboxylic acids is 2. The van der Waals surface area contributed by atoms with Gasteiger partial charge in [-0.2, -0.15) is 0 Å². The molecule has 0 aliphatic carbocycles. The average molecular weight is 339 g/mol. The van der Waals surface area contributed by atoms with E-state index in [1.165, 1.54) is 4.90 Å². The molecule has 6 nitrogen and oxygen atoms in total. The minimum atomic E-state index is -0.958. The maximum Gasteiger partial charge on any atom is 0.409 e. The highest BCUT2D eigenvalue weighted by atomic mass is 32.1. The van der Waals surface area contributed by atoms with Gasteiger partial charge >= 0.3 is 12.1 Å². The highest BCUT2D eigenvalue weighted by molar-refractivity contribution is 7.96. The van der Waals surface area contributed by atoms with E-state index in [0.717, 1.165) is 5.56 Å². The molecule has 0 aromatic heterocycles. The Morgan fingerprint density at radius 1 is 1.22 bits per heavy atom. The number of thiol groups is 1. The third-order valence-corrected chi connectivity index (χ3v) is 3.75. The molecule has 0 aliphatic heterocycles. The third-order valence-electron chi connectivity index (χ3n) is 3.39.